The number of fused-ring (bicyclic) bond motifs is 2. The van der Waals surface area contributed by atoms with Crippen LogP contribution >= 0.6 is 27.0 Å². The van der Waals surface area contributed by atoms with Gasteiger partial charge < -0.3 is 19.8 Å². The Labute approximate surface area is 350 Å². The smallest absolute Gasteiger partial charge is 0.223 e. The fraction of sp³-hybridized carbons (Fsp3) is 0.261. The minimum atomic E-state index is -0.273. The molecule has 2 N–H and O–H groups in total. The zero-order valence-corrected chi connectivity index (χ0v) is 34.0. The number of nitrogens with one attached hydrogen (secondary N) is 2. The number of carbonyl (C=O) groups is 2. The fourth-order valence-corrected chi connectivity index (χ4v) is 8.46. The van der Waals surface area contributed by atoms with Crippen LogP contribution in [0.15, 0.2) is 109 Å². The molecule has 2 aromatic heterocycles. The highest BCUT2D eigenvalue weighted by Gasteiger charge is 2.33. The summed E-state index contributed by atoms with van der Waals surface area (Å²) in [6.45, 7) is 1.34. The Morgan fingerprint density at radius 3 is 1.38 bits per heavy atom. The van der Waals surface area contributed by atoms with E-state index in [2.05, 4.69) is 58.5 Å². The van der Waals surface area contributed by atoms with E-state index in [0.29, 0.717) is 37.1 Å². The predicted molar refractivity (Wildman–Crippen MR) is 234 cm³/mol. The number of aromatic nitrogens is 4. The van der Waals surface area contributed by atoms with Crippen LogP contribution in [0.1, 0.15) is 73.4 Å². The van der Waals surface area contributed by atoms with Crippen LogP contribution in [0.3, 0.4) is 0 Å². The number of halogens is 2. The number of carbonyl (C=O) groups excluding carboxylic acids is 2. The monoisotopic (exact) mass is 816 g/mol. The molecule has 0 saturated carbocycles. The van der Waals surface area contributed by atoms with Gasteiger partial charge in [0.2, 0.25) is 11.8 Å². The maximum atomic E-state index is 14.2. The summed E-state index contributed by atoms with van der Waals surface area (Å²) in [5.41, 5.74) is 8.92. The van der Waals surface area contributed by atoms with Gasteiger partial charge in [-0.25, -0.2) is 18.7 Å². The minimum Gasteiger partial charge on any atom is -0.340 e. The molecule has 0 unspecified atom stereocenters. The average Bonchev–Trinajstić information content (AvgIpc) is 4.05. The lowest BCUT2D eigenvalue weighted by atomic mass is 10.00. The molecule has 2 fully saturated rings. The van der Waals surface area contributed by atoms with Gasteiger partial charge >= 0.3 is 0 Å². The highest BCUT2D eigenvalue weighted by Crippen LogP contribution is 2.35. The summed E-state index contributed by atoms with van der Waals surface area (Å²) in [5.74, 6) is 1.06. The zero-order valence-electron chi connectivity index (χ0n) is 32.0. The van der Waals surface area contributed by atoms with Crippen molar-refractivity contribution in [2.45, 2.75) is 63.5 Å². The van der Waals surface area contributed by atoms with Crippen molar-refractivity contribution >= 4 is 60.9 Å². The third-order valence-corrected chi connectivity index (χ3v) is 11.5. The molecule has 2 aliphatic heterocycles. The highest BCUT2D eigenvalue weighted by atomic mass is 32.1. The van der Waals surface area contributed by atoms with Gasteiger partial charge in [0.05, 0.1) is 34.2 Å². The molecule has 0 bridgehead atoms. The van der Waals surface area contributed by atoms with Crippen LogP contribution in [0.2, 0.25) is 0 Å². The number of imidazole rings is 2. The van der Waals surface area contributed by atoms with Crippen molar-refractivity contribution in [1.29, 1.82) is 0 Å². The second kappa shape index (κ2) is 17.6. The SMILES string of the molecule is O=C(CCc1ccccc1F)N1CCC[C@H]1c1nc2ccc(-c3ccc(-c4ccc5nc([C@@H]6CCCN6C(=O)CCc6ccccc6F)[nH]c5c4)cc3)cc2[nH]1.S.S. The van der Waals surface area contributed by atoms with Gasteiger partial charge in [0.1, 0.15) is 23.3 Å². The van der Waals surface area contributed by atoms with Gasteiger partial charge in [-0.3, -0.25) is 9.59 Å². The molecule has 4 heterocycles. The Morgan fingerprint density at radius 1 is 0.569 bits per heavy atom. The van der Waals surface area contributed by atoms with E-state index in [0.717, 1.165) is 81.7 Å². The van der Waals surface area contributed by atoms with Gasteiger partial charge in [0.15, 0.2) is 0 Å². The number of aryl methyl sites for hydroxylation is 2. The highest BCUT2D eigenvalue weighted by molar-refractivity contribution is 7.59. The molecule has 7 aromatic rings. The topological polar surface area (TPSA) is 98.0 Å². The molecule has 9 rings (SSSR count). The normalized spacial score (nSPS) is 16.4. The van der Waals surface area contributed by atoms with Gasteiger partial charge in [-0.05, 0) is 108 Å². The summed E-state index contributed by atoms with van der Waals surface area (Å²) in [6.07, 6.45) is 4.75. The van der Waals surface area contributed by atoms with E-state index in [9.17, 15) is 18.4 Å². The quantitative estimate of drug-likeness (QED) is 0.144. The van der Waals surface area contributed by atoms with Crippen molar-refractivity contribution < 1.29 is 18.4 Å². The van der Waals surface area contributed by atoms with Crippen LogP contribution in [0.25, 0.3) is 44.3 Å². The molecule has 5 aromatic carbocycles. The predicted octanol–water partition coefficient (Wildman–Crippen LogP) is 9.87. The second-order valence-corrected chi connectivity index (χ2v) is 15.0. The van der Waals surface area contributed by atoms with Gasteiger partial charge in [-0.1, -0.05) is 72.8 Å². The molecule has 0 radical (unpaired) electrons. The summed E-state index contributed by atoms with van der Waals surface area (Å²) >= 11 is 0. The number of hydrogen-bond donors (Lipinski definition) is 2. The van der Waals surface area contributed by atoms with E-state index in [1.807, 2.05) is 21.9 Å². The third-order valence-electron chi connectivity index (χ3n) is 11.5. The minimum absolute atomic E-state index is 0. The van der Waals surface area contributed by atoms with Gasteiger partial charge in [0, 0.05) is 25.9 Å². The molecule has 0 aliphatic carbocycles. The van der Waals surface area contributed by atoms with E-state index in [-0.39, 0.29) is 75.4 Å². The Bertz CT molecular complexity index is 2400. The Balaban J connectivity index is 0.00000256. The van der Waals surface area contributed by atoms with Crippen molar-refractivity contribution in [3.8, 4) is 22.3 Å². The summed E-state index contributed by atoms with van der Waals surface area (Å²) in [7, 11) is 0. The fourth-order valence-electron chi connectivity index (χ4n) is 8.46. The molecule has 2 atom stereocenters. The molecule has 58 heavy (non-hydrogen) atoms. The molecule has 298 valence electrons. The van der Waals surface area contributed by atoms with Crippen LogP contribution in [0.4, 0.5) is 8.78 Å². The van der Waals surface area contributed by atoms with E-state index in [1.165, 1.54) is 12.1 Å². The van der Waals surface area contributed by atoms with Gasteiger partial charge in [0.25, 0.3) is 0 Å². The Hall–Kier alpha value is -5.46. The van der Waals surface area contributed by atoms with E-state index >= 15 is 0 Å². The summed E-state index contributed by atoms with van der Waals surface area (Å²) in [4.78, 5) is 47.1. The van der Waals surface area contributed by atoms with Crippen LogP contribution in [-0.2, 0) is 22.4 Å². The number of hydrogen-bond acceptors (Lipinski definition) is 4. The Morgan fingerprint density at radius 2 is 0.966 bits per heavy atom. The Kier molecular flexibility index (Phi) is 12.3. The third kappa shape index (κ3) is 8.26. The number of H-pyrrole nitrogens is 2. The lowest BCUT2D eigenvalue weighted by molar-refractivity contribution is -0.133. The van der Waals surface area contributed by atoms with E-state index < -0.39 is 0 Å². The largest absolute Gasteiger partial charge is 0.340 e. The lowest BCUT2D eigenvalue weighted by Gasteiger charge is -2.23. The molecule has 8 nitrogen and oxygen atoms in total. The number of rotatable bonds is 10. The van der Waals surface area contributed by atoms with Crippen molar-refractivity contribution in [2.24, 2.45) is 0 Å². The first-order valence-electron chi connectivity index (χ1n) is 19.5. The molecular formula is C46H46F2N6O2S2. The van der Waals surface area contributed by atoms with Crippen molar-refractivity contribution in [2.75, 3.05) is 13.1 Å². The van der Waals surface area contributed by atoms with Crippen LogP contribution in [0, 0.1) is 11.6 Å². The van der Waals surface area contributed by atoms with Crippen LogP contribution in [0.5, 0.6) is 0 Å². The first-order chi connectivity index (χ1) is 27.4. The van der Waals surface area contributed by atoms with Gasteiger partial charge in [-0.15, -0.1) is 0 Å². The maximum absolute atomic E-state index is 14.2. The standard InChI is InChI=1S/C46H42F2N6O2.2H2S/c47-35-9-3-1-7-31(35)19-23-43(55)53-25-5-11-41(53)45-49-37-21-17-33(27-39(37)51-45)29-13-15-30(16-14-29)34-18-22-38-40(28-34)52-46(50-38)42-12-6-26-54(42)44(56)24-20-32-8-2-4-10-36(32)48;;/h1-4,7-10,13-18,21-22,27-28,41-42H,5-6,11-12,19-20,23-26H2,(H,49,51)(H,50,52);2*1H2/t41-,42-;;/m0../s1. The number of amides is 2. The van der Waals surface area contributed by atoms with Crippen molar-refractivity contribution in [3.63, 3.8) is 0 Å². The van der Waals surface area contributed by atoms with Crippen LogP contribution in [-0.4, -0.2) is 54.6 Å². The maximum Gasteiger partial charge on any atom is 0.223 e. The van der Waals surface area contributed by atoms with E-state index in [4.69, 9.17) is 9.97 Å². The first-order valence-corrected chi connectivity index (χ1v) is 19.5. The second-order valence-electron chi connectivity index (χ2n) is 15.0. The number of nitrogens with zero attached hydrogens (tertiary/aromatic N) is 4. The molecule has 2 saturated heterocycles. The molecule has 2 amide bonds. The number of likely N-dealkylation sites (tertiary alicyclic amines) is 2. The van der Waals surface area contributed by atoms with Crippen molar-refractivity contribution in [1.82, 2.24) is 29.7 Å². The lowest BCUT2D eigenvalue weighted by Crippen LogP contribution is -2.31. The summed E-state index contributed by atoms with van der Waals surface area (Å²) in [6, 6.07) is 33.9. The molecule has 0 spiro atoms. The van der Waals surface area contributed by atoms with Crippen molar-refractivity contribution in [3.05, 3.63) is 144 Å². The average molecular weight is 817 g/mol. The summed E-state index contributed by atoms with van der Waals surface area (Å²) < 4.78 is 28.3. The molecular weight excluding hydrogens is 771 g/mol. The van der Waals surface area contributed by atoms with Gasteiger partial charge in [-0.2, -0.15) is 27.0 Å². The first kappa shape index (κ1) is 40.7. The molecule has 2 aliphatic rings. The van der Waals surface area contributed by atoms with Crippen LogP contribution < -0.4 is 0 Å². The van der Waals surface area contributed by atoms with E-state index in [1.54, 1.807) is 36.4 Å². The molecule has 12 heteroatoms. The number of benzene rings is 5. The number of aromatic amines is 2. The summed E-state index contributed by atoms with van der Waals surface area (Å²) in [5, 5.41) is 0. The zero-order chi connectivity index (χ0) is 38.2.